The van der Waals surface area contributed by atoms with Crippen LogP contribution in [0.4, 0.5) is 0 Å². The molecule has 0 saturated heterocycles. The summed E-state index contributed by atoms with van der Waals surface area (Å²) < 4.78 is 5.02. The Labute approximate surface area is 82.9 Å². The highest BCUT2D eigenvalue weighted by atomic mass is 16.5. The topological polar surface area (TPSA) is 9.23 Å². The van der Waals surface area contributed by atoms with Crippen molar-refractivity contribution in [3.05, 3.63) is 0 Å². The summed E-state index contributed by atoms with van der Waals surface area (Å²) in [5.74, 6) is 1.09. The van der Waals surface area contributed by atoms with Crippen LogP contribution in [-0.2, 0) is 4.74 Å². The molecule has 0 aromatic carbocycles. The molecule has 0 aliphatic heterocycles. The van der Waals surface area contributed by atoms with Crippen molar-refractivity contribution >= 4 is 0 Å². The third-order valence-electron chi connectivity index (χ3n) is 3.19. The van der Waals surface area contributed by atoms with Gasteiger partial charge in [-0.3, -0.25) is 0 Å². The van der Waals surface area contributed by atoms with Gasteiger partial charge in [0.25, 0.3) is 0 Å². The molecule has 1 heteroatoms. The maximum atomic E-state index is 5.02. The smallest absolute Gasteiger partial charge is 0.0462 e. The van der Waals surface area contributed by atoms with E-state index in [0.29, 0.717) is 0 Å². The summed E-state index contributed by atoms with van der Waals surface area (Å²) in [6, 6.07) is 0. The number of unbranched alkanes of at least 4 members (excludes halogenated alkanes) is 3. The van der Waals surface area contributed by atoms with Gasteiger partial charge in [-0.15, -0.1) is 0 Å². The Kier molecular flexibility index (Phi) is 6.26. The summed E-state index contributed by atoms with van der Waals surface area (Å²) in [6.07, 6.45) is 13.0. The van der Waals surface area contributed by atoms with Crippen molar-refractivity contribution in [2.45, 2.75) is 57.8 Å². The molecule has 0 aromatic rings. The van der Waals surface area contributed by atoms with Gasteiger partial charge in [-0.1, -0.05) is 51.4 Å². The predicted molar refractivity (Wildman–Crippen MR) is 56.9 cm³/mol. The fourth-order valence-electron chi connectivity index (χ4n) is 2.33. The Bertz CT molecular complexity index is 106. The Morgan fingerprint density at radius 3 is 2.38 bits per heavy atom. The normalized spacial score (nSPS) is 18.2. The lowest BCUT2D eigenvalue weighted by Gasteiger charge is -2.07. The molecule has 0 heterocycles. The molecular weight excluding hydrogens is 160 g/mol. The quantitative estimate of drug-likeness (QED) is 0.547. The lowest BCUT2D eigenvalue weighted by Crippen LogP contribution is -1.93. The van der Waals surface area contributed by atoms with Crippen molar-refractivity contribution in [2.75, 3.05) is 13.7 Å². The van der Waals surface area contributed by atoms with E-state index in [1.807, 2.05) is 0 Å². The molecule has 0 aromatic heterocycles. The molecule has 0 radical (unpaired) electrons. The highest BCUT2D eigenvalue weighted by Gasteiger charge is 2.13. The van der Waals surface area contributed by atoms with E-state index in [1.54, 1.807) is 7.11 Å². The average molecular weight is 184 g/mol. The van der Waals surface area contributed by atoms with Gasteiger partial charge in [0.1, 0.15) is 0 Å². The molecule has 0 unspecified atom stereocenters. The van der Waals surface area contributed by atoms with E-state index in [9.17, 15) is 0 Å². The molecule has 1 aliphatic rings. The van der Waals surface area contributed by atoms with E-state index in [4.69, 9.17) is 4.74 Å². The third kappa shape index (κ3) is 5.30. The molecule has 0 spiro atoms. The van der Waals surface area contributed by atoms with Crippen molar-refractivity contribution in [3.8, 4) is 0 Å². The molecule has 0 N–H and O–H groups in total. The van der Waals surface area contributed by atoms with Gasteiger partial charge in [0.2, 0.25) is 0 Å². The molecule has 78 valence electrons. The lowest BCUT2D eigenvalue weighted by atomic mass is 9.99. The van der Waals surface area contributed by atoms with Crippen LogP contribution < -0.4 is 0 Å². The zero-order chi connectivity index (χ0) is 9.36. The van der Waals surface area contributed by atoms with E-state index < -0.39 is 0 Å². The van der Waals surface area contributed by atoms with Crippen LogP contribution in [0.15, 0.2) is 0 Å². The second kappa shape index (κ2) is 7.37. The van der Waals surface area contributed by atoms with Gasteiger partial charge in [0.15, 0.2) is 0 Å². The van der Waals surface area contributed by atoms with E-state index >= 15 is 0 Å². The van der Waals surface area contributed by atoms with Crippen LogP contribution in [0.2, 0.25) is 0 Å². The summed E-state index contributed by atoms with van der Waals surface area (Å²) in [7, 11) is 1.79. The molecule has 1 fully saturated rings. The minimum absolute atomic E-state index is 0.948. The first kappa shape index (κ1) is 11.0. The third-order valence-corrected chi connectivity index (χ3v) is 3.19. The van der Waals surface area contributed by atoms with Gasteiger partial charge in [0.05, 0.1) is 0 Å². The average Bonchev–Trinajstić information content (AvgIpc) is 2.63. The minimum atomic E-state index is 0.948. The number of methoxy groups -OCH3 is 1. The van der Waals surface area contributed by atoms with Crippen molar-refractivity contribution in [1.82, 2.24) is 0 Å². The predicted octanol–water partition coefficient (Wildman–Crippen LogP) is 3.77. The summed E-state index contributed by atoms with van der Waals surface area (Å²) in [6.45, 7) is 0.948. The van der Waals surface area contributed by atoms with E-state index in [1.165, 1.54) is 57.8 Å². The van der Waals surface area contributed by atoms with Crippen LogP contribution in [0.1, 0.15) is 57.8 Å². The maximum Gasteiger partial charge on any atom is 0.0462 e. The van der Waals surface area contributed by atoms with Crippen molar-refractivity contribution in [2.24, 2.45) is 5.92 Å². The first-order valence-electron chi connectivity index (χ1n) is 5.92. The summed E-state index contributed by atoms with van der Waals surface area (Å²) in [5, 5.41) is 0. The summed E-state index contributed by atoms with van der Waals surface area (Å²) in [4.78, 5) is 0. The Morgan fingerprint density at radius 2 is 1.69 bits per heavy atom. The molecule has 1 aliphatic carbocycles. The molecule has 1 nitrogen and oxygen atoms in total. The second-order valence-electron chi connectivity index (χ2n) is 4.35. The number of hydrogen-bond donors (Lipinski definition) is 0. The Balaban J connectivity index is 1.78. The van der Waals surface area contributed by atoms with Gasteiger partial charge in [-0.05, 0) is 12.3 Å². The summed E-state index contributed by atoms with van der Waals surface area (Å²) >= 11 is 0. The maximum absolute atomic E-state index is 5.02. The molecule has 0 atom stereocenters. The van der Waals surface area contributed by atoms with Gasteiger partial charge in [-0.25, -0.2) is 0 Å². The first-order valence-corrected chi connectivity index (χ1v) is 5.92. The SMILES string of the molecule is COCCCCCCC1CCCC1. The van der Waals surface area contributed by atoms with Gasteiger partial charge in [0, 0.05) is 13.7 Å². The zero-order valence-corrected chi connectivity index (χ0v) is 9.06. The van der Waals surface area contributed by atoms with E-state index in [2.05, 4.69) is 0 Å². The van der Waals surface area contributed by atoms with E-state index in [0.717, 1.165) is 12.5 Å². The van der Waals surface area contributed by atoms with Gasteiger partial charge >= 0.3 is 0 Å². The standard InChI is InChI=1S/C12H24O/c1-13-11-7-3-2-4-8-12-9-5-6-10-12/h12H,2-11H2,1H3. The van der Waals surface area contributed by atoms with E-state index in [-0.39, 0.29) is 0 Å². The minimum Gasteiger partial charge on any atom is -0.385 e. The van der Waals surface area contributed by atoms with Crippen molar-refractivity contribution in [1.29, 1.82) is 0 Å². The van der Waals surface area contributed by atoms with Crippen LogP contribution in [0.5, 0.6) is 0 Å². The largest absolute Gasteiger partial charge is 0.385 e. The van der Waals surface area contributed by atoms with Gasteiger partial charge < -0.3 is 4.74 Å². The van der Waals surface area contributed by atoms with Crippen LogP contribution in [-0.4, -0.2) is 13.7 Å². The Hall–Kier alpha value is -0.0400. The first-order chi connectivity index (χ1) is 6.43. The fourth-order valence-corrected chi connectivity index (χ4v) is 2.33. The highest BCUT2D eigenvalue weighted by molar-refractivity contribution is 4.66. The van der Waals surface area contributed by atoms with Crippen LogP contribution in [0, 0.1) is 5.92 Å². The number of hydrogen-bond acceptors (Lipinski definition) is 1. The number of rotatable bonds is 7. The van der Waals surface area contributed by atoms with Gasteiger partial charge in [-0.2, -0.15) is 0 Å². The molecule has 1 saturated carbocycles. The molecule has 0 bridgehead atoms. The fraction of sp³-hybridized carbons (Fsp3) is 1.00. The molecule has 1 rings (SSSR count). The number of ether oxygens (including phenoxy) is 1. The zero-order valence-electron chi connectivity index (χ0n) is 9.06. The lowest BCUT2D eigenvalue weighted by molar-refractivity contribution is 0.191. The molecule has 13 heavy (non-hydrogen) atoms. The monoisotopic (exact) mass is 184 g/mol. The molecule has 0 amide bonds. The Morgan fingerprint density at radius 1 is 1.00 bits per heavy atom. The van der Waals surface area contributed by atoms with Crippen molar-refractivity contribution < 1.29 is 4.74 Å². The van der Waals surface area contributed by atoms with Crippen LogP contribution in [0.3, 0.4) is 0 Å². The van der Waals surface area contributed by atoms with Crippen LogP contribution in [0.25, 0.3) is 0 Å². The second-order valence-corrected chi connectivity index (χ2v) is 4.35. The van der Waals surface area contributed by atoms with Crippen LogP contribution >= 0.6 is 0 Å². The van der Waals surface area contributed by atoms with Crippen molar-refractivity contribution in [3.63, 3.8) is 0 Å². The summed E-state index contributed by atoms with van der Waals surface area (Å²) in [5.41, 5.74) is 0. The highest BCUT2D eigenvalue weighted by Crippen LogP contribution is 2.29. The molecular formula is C12H24O.